The van der Waals surface area contributed by atoms with E-state index < -0.39 is 0 Å². The number of nitrogens with one attached hydrogen (secondary N) is 1. The molecule has 6 nitrogen and oxygen atoms in total. The van der Waals surface area contributed by atoms with Gasteiger partial charge < -0.3 is 19.7 Å². The number of carbonyl (C=O) groups is 2. The fraction of sp³-hybridized carbons (Fsp3) is 0.440. The van der Waals surface area contributed by atoms with Crippen molar-refractivity contribution in [2.75, 3.05) is 27.3 Å². The van der Waals surface area contributed by atoms with Crippen LogP contribution in [0, 0.1) is 5.92 Å². The van der Waals surface area contributed by atoms with Crippen LogP contribution in [-0.4, -0.2) is 44.0 Å². The van der Waals surface area contributed by atoms with Crippen molar-refractivity contribution in [2.45, 2.75) is 38.1 Å². The number of hydrogen-bond donors (Lipinski definition) is 1. The Kier molecular flexibility index (Phi) is 6.44. The molecule has 1 saturated heterocycles. The summed E-state index contributed by atoms with van der Waals surface area (Å²) in [7, 11) is 3.22. The summed E-state index contributed by atoms with van der Waals surface area (Å²) in [5.41, 5.74) is 3.60. The van der Waals surface area contributed by atoms with E-state index in [2.05, 4.69) is 23.5 Å². The number of carbonyl (C=O) groups excluding carboxylic acids is 2. The third-order valence-electron chi connectivity index (χ3n) is 6.39. The van der Waals surface area contributed by atoms with Crippen molar-refractivity contribution in [2.24, 2.45) is 5.92 Å². The Balaban J connectivity index is 1.34. The van der Waals surface area contributed by atoms with E-state index in [9.17, 15) is 9.59 Å². The fourth-order valence-electron chi connectivity index (χ4n) is 4.66. The third-order valence-corrected chi connectivity index (χ3v) is 6.39. The van der Waals surface area contributed by atoms with Gasteiger partial charge in [-0.25, -0.2) is 0 Å². The highest BCUT2D eigenvalue weighted by molar-refractivity contribution is 5.89. The van der Waals surface area contributed by atoms with Gasteiger partial charge in [-0.2, -0.15) is 0 Å². The Morgan fingerprint density at radius 3 is 2.74 bits per heavy atom. The fourth-order valence-corrected chi connectivity index (χ4v) is 4.66. The number of rotatable bonds is 7. The van der Waals surface area contributed by atoms with Gasteiger partial charge in [0.25, 0.3) is 0 Å². The predicted octanol–water partition coefficient (Wildman–Crippen LogP) is 3.29. The summed E-state index contributed by atoms with van der Waals surface area (Å²) in [4.78, 5) is 27.2. The SMILES string of the molecule is COc1ccc(CCN2C[C@H](C(=O)N[C@H]3CCCc4ccccc43)CC2=O)cc1OC. The molecule has 1 fully saturated rings. The molecule has 2 aromatic rings. The number of methoxy groups -OCH3 is 2. The van der Waals surface area contributed by atoms with Crippen LogP contribution in [-0.2, 0) is 22.4 Å². The van der Waals surface area contributed by atoms with E-state index in [4.69, 9.17) is 9.47 Å². The largest absolute Gasteiger partial charge is 0.493 e. The topological polar surface area (TPSA) is 67.9 Å². The molecule has 0 saturated carbocycles. The van der Waals surface area contributed by atoms with E-state index in [-0.39, 0.29) is 30.2 Å². The normalized spacial score (nSPS) is 20.3. The van der Waals surface area contributed by atoms with E-state index in [0.29, 0.717) is 31.0 Å². The van der Waals surface area contributed by atoms with Crippen molar-refractivity contribution in [1.82, 2.24) is 10.2 Å². The van der Waals surface area contributed by atoms with E-state index >= 15 is 0 Å². The minimum Gasteiger partial charge on any atom is -0.493 e. The monoisotopic (exact) mass is 422 g/mol. The summed E-state index contributed by atoms with van der Waals surface area (Å²) in [5, 5.41) is 3.21. The molecular formula is C25H30N2O4. The molecule has 4 rings (SSSR count). The van der Waals surface area contributed by atoms with Gasteiger partial charge in [-0.05, 0) is 54.5 Å². The molecule has 0 bridgehead atoms. The Hall–Kier alpha value is -3.02. The summed E-state index contributed by atoms with van der Waals surface area (Å²) in [6.07, 6.45) is 4.08. The molecule has 0 aromatic heterocycles. The number of ether oxygens (including phenoxy) is 2. The maximum Gasteiger partial charge on any atom is 0.225 e. The van der Waals surface area contributed by atoms with Gasteiger partial charge in [0.05, 0.1) is 26.2 Å². The summed E-state index contributed by atoms with van der Waals surface area (Å²) < 4.78 is 10.6. The van der Waals surface area contributed by atoms with Crippen LogP contribution in [0.4, 0.5) is 0 Å². The first-order valence-electron chi connectivity index (χ1n) is 11.0. The smallest absolute Gasteiger partial charge is 0.225 e. The van der Waals surface area contributed by atoms with Crippen molar-refractivity contribution in [3.8, 4) is 11.5 Å². The first kappa shape index (κ1) is 21.2. The van der Waals surface area contributed by atoms with Crippen molar-refractivity contribution in [3.63, 3.8) is 0 Å². The molecule has 1 aliphatic carbocycles. The lowest BCUT2D eigenvalue weighted by Gasteiger charge is -2.27. The van der Waals surface area contributed by atoms with Crippen molar-refractivity contribution in [3.05, 3.63) is 59.2 Å². The van der Waals surface area contributed by atoms with Crippen LogP contribution in [0.15, 0.2) is 42.5 Å². The first-order valence-corrected chi connectivity index (χ1v) is 11.0. The zero-order chi connectivity index (χ0) is 21.8. The van der Waals surface area contributed by atoms with Gasteiger partial charge >= 0.3 is 0 Å². The molecule has 2 aromatic carbocycles. The van der Waals surface area contributed by atoms with Gasteiger partial charge in [0.2, 0.25) is 11.8 Å². The number of benzene rings is 2. The number of nitrogens with zero attached hydrogens (tertiary/aromatic N) is 1. The Morgan fingerprint density at radius 1 is 1.13 bits per heavy atom. The Bertz CT molecular complexity index is 958. The number of aryl methyl sites for hydroxylation is 1. The van der Waals surface area contributed by atoms with E-state index in [1.165, 1.54) is 11.1 Å². The standard InChI is InChI=1S/C25H30N2O4/c1-30-22-11-10-17(14-23(22)31-2)12-13-27-16-19(15-24(27)28)25(29)26-21-9-5-7-18-6-3-4-8-20(18)21/h3-4,6,8,10-11,14,19,21H,5,7,9,12-13,15-16H2,1-2H3,(H,26,29)/t19-,21+/m1/s1. The quantitative estimate of drug-likeness (QED) is 0.744. The number of hydrogen-bond acceptors (Lipinski definition) is 4. The minimum absolute atomic E-state index is 0.0105. The first-order chi connectivity index (χ1) is 15.1. The summed E-state index contributed by atoms with van der Waals surface area (Å²) in [5.74, 6) is 1.11. The lowest BCUT2D eigenvalue weighted by atomic mass is 9.87. The van der Waals surface area contributed by atoms with Crippen LogP contribution >= 0.6 is 0 Å². The predicted molar refractivity (Wildman–Crippen MR) is 118 cm³/mol. The molecular weight excluding hydrogens is 392 g/mol. The Morgan fingerprint density at radius 2 is 1.94 bits per heavy atom. The zero-order valence-corrected chi connectivity index (χ0v) is 18.2. The van der Waals surface area contributed by atoms with Crippen LogP contribution < -0.4 is 14.8 Å². The number of fused-ring (bicyclic) bond motifs is 1. The molecule has 31 heavy (non-hydrogen) atoms. The summed E-state index contributed by atoms with van der Waals surface area (Å²) >= 11 is 0. The number of amides is 2. The lowest BCUT2D eigenvalue weighted by Crippen LogP contribution is -2.37. The summed E-state index contributed by atoms with van der Waals surface area (Å²) in [6, 6.07) is 14.2. The Labute approximate surface area is 183 Å². The maximum atomic E-state index is 12.9. The van der Waals surface area contributed by atoms with Crippen molar-refractivity contribution >= 4 is 11.8 Å². The summed E-state index contributed by atoms with van der Waals surface area (Å²) in [6.45, 7) is 1.07. The molecule has 2 aliphatic rings. The van der Waals surface area contributed by atoms with Crippen molar-refractivity contribution in [1.29, 1.82) is 0 Å². The van der Waals surface area contributed by atoms with Gasteiger partial charge in [0.15, 0.2) is 11.5 Å². The molecule has 1 aliphatic heterocycles. The van der Waals surface area contributed by atoms with Crippen LogP contribution in [0.25, 0.3) is 0 Å². The second-order valence-corrected chi connectivity index (χ2v) is 8.33. The third kappa shape index (κ3) is 4.68. The molecule has 1 N–H and O–H groups in total. The molecule has 0 spiro atoms. The van der Waals surface area contributed by atoms with E-state index in [0.717, 1.165) is 24.8 Å². The molecule has 2 atom stereocenters. The molecule has 2 amide bonds. The van der Waals surface area contributed by atoms with Crippen molar-refractivity contribution < 1.29 is 19.1 Å². The molecule has 6 heteroatoms. The molecule has 1 heterocycles. The van der Waals surface area contributed by atoms with Crippen LogP contribution in [0.3, 0.4) is 0 Å². The second-order valence-electron chi connectivity index (χ2n) is 8.33. The maximum absolute atomic E-state index is 12.9. The van der Waals surface area contributed by atoms with Gasteiger partial charge in [-0.15, -0.1) is 0 Å². The van der Waals surface area contributed by atoms with Gasteiger partial charge in [-0.1, -0.05) is 30.3 Å². The van der Waals surface area contributed by atoms with E-state index in [1.807, 2.05) is 24.3 Å². The average molecular weight is 423 g/mol. The van der Waals surface area contributed by atoms with Crippen LogP contribution in [0.2, 0.25) is 0 Å². The van der Waals surface area contributed by atoms with E-state index in [1.54, 1.807) is 19.1 Å². The number of likely N-dealkylation sites (tertiary alicyclic amines) is 1. The van der Waals surface area contributed by atoms with Gasteiger partial charge in [0.1, 0.15) is 0 Å². The van der Waals surface area contributed by atoms with Gasteiger partial charge in [0, 0.05) is 19.5 Å². The van der Waals surface area contributed by atoms with Crippen LogP contribution in [0.1, 0.15) is 42.0 Å². The average Bonchev–Trinajstić information content (AvgIpc) is 3.18. The molecule has 0 unspecified atom stereocenters. The second kappa shape index (κ2) is 9.41. The lowest BCUT2D eigenvalue weighted by molar-refractivity contribution is -0.129. The highest BCUT2D eigenvalue weighted by atomic mass is 16.5. The van der Waals surface area contributed by atoms with Gasteiger partial charge in [-0.3, -0.25) is 9.59 Å². The highest BCUT2D eigenvalue weighted by Crippen LogP contribution is 2.31. The molecule has 0 radical (unpaired) electrons. The zero-order valence-electron chi connectivity index (χ0n) is 18.2. The highest BCUT2D eigenvalue weighted by Gasteiger charge is 2.35. The molecule has 164 valence electrons. The minimum atomic E-state index is -0.285. The van der Waals surface area contributed by atoms with Crippen LogP contribution in [0.5, 0.6) is 11.5 Å².